The normalized spacial score (nSPS) is 12.5. The van der Waals surface area contributed by atoms with E-state index in [0.29, 0.717) is 13.0 Å². The Balaban J connectivity index is 2.51. The highest BCUT2D eigenvalue weighted by atomic mass is 16.3. The first-order valence-corrected chi connectivity index (χ1v) is 5.92. The predicted molar refractivity (Wildman–Crippen MR) is 67.3 cm³/mol. The molecule has 1 aromatic heterocycles. The second kappa shape index (κ2) is 6.30. The molecule has 1 aromatic rings. The molecule has 0 saturated heterocycles. The molecule has 1 heterocycles. The summed E-state index contributed by atoms with van der Waals surface area (Å²) in [7, 11) is 1.49. The van der Waals surface area contributed by atoms with Crippen molar-refractivity contribution < 1.29 is 9.90 Å². The molecule has 0 bridgehead atoms. The summed E-state index contributed by atoms with van der Waals surface area (Å²) in [4.78, 5) is 22.8. The zero-order chi connectivity index (χ0) is 13.7. The summed E-state index contributed by atoms with van der Waals surface area (Å²) in [5, 5.41) is 16.1. The number of carbonyl (C=O) groups is 1. The molecule has 0 fully saturated rings. The van der Waals surface area contributed by atoms with E-state index in [9.17, 15) is 14.7 Å². The van der Waals surface area contributed by atoms with Gasteiger partial charge < -0.3 is 10.4 Å². The Hall–Kier alpha value is -1.69. The molecule has 0 spiro atoms. The van der Waals surface area contributed by atoms with Gasteiger partial charge in [0.1, 0.15) is 5.69 Å². The Morgan fingerprint density at radius 1 is 1.50 bits per heavy atom. The summed E-state index contributed by atoms with van der Waals surface area (Å²) in [6.45, 7) is 4.21. The fourth-order valence-corrected chi connectivity index (χ4v) is 1.38. The molecule has 0 aliphatic carbocycles. The number of hydrogen-bond acceptors (Lipinski definition) is 4. The molecule has 6 nitrogen and oxygen atoms in total. The third kappa shape index (κ3) is 3.96. The van der Waals surface area contributed by atoms with Crippen molar-refractivity contribution in [1.29, 1.82) is 0 Å². The molecule has 1 unspecified atom stereocenters. The topological polar surface area (TPSA) is 84.2 Å². The molecule has 0 aliphatic heterocycles. The Morgan fingerprint density at radius 2 is 2.17 bits per heavy atom. The third-order valence-corrected chi connectivity index (χ3v) is 2.69. The number of nitrogens with zero attached hydrogens (tertiary/aromatic N) is 2. The highest BCUT2D eigenvalue weighted by Gasteiger charge is 2.11. The lowest BCUT2D eigenvalue weighted by Gasteiger charge is -2.14. The monoisotopic (exact) mass is 253 g/mol. The maximum Gasteiger partial charge on any atom is 0.271 e. The number of rotatable bonds is 5. The molecule has 1 atom stereocenters. The lowest BCUT2D eigenvalue weighted by Crippen LogP contribution is -2.31. The summed E-state index contributed by atoms with van der Waals surface area (Å²) in [5.74, 6) is -0.181. The number of hydrogen-bond donors (Lipinski definition) is 2. The van der Waals surface area contributed by atoms with E-state index in [1.165, 1.54) is 19.2 Å². The van der Waals surface area contributed by atoms with Crippen LogP contribution in [0.5, 0.6) is 0 Å². The second-order valence-corrected chi connectivity index (χ2v) is 4.54. The first-order chi connectivity index (χ1) is 8.41. The van der Waals surface area contributed by atoms with Crippen molar-refractivity contribution in [3.05, 3.63) is 28.2 Å². The quantitative estimate of drug-likeness (QED) is 0.768. The lowest BCUT2D eigenvalue weighted by molar-refractivity contribution is 0.0913. The van der Waals surface area contributed by atoms with Gasteiger partial charge in [-0.3, -0.25) is 9.59 Å². The third-order valence-electron chi connectivity index (χ3n) is 2.69. The minimum absolute atomic E-state index is 0.164. The van der Waals surface area contributed by atoms with Gasteiger partial charge in [-0.2, -0.15) is 5.10 Å². The van der Waals surface area contributed by atoms with E-state index in [-0.39, 0.29) is 23.1 Å². The minimum Gasteiger partial charge on any atom is -0.393 e. The molecule has 1 rings (SSSR count). The molecule has 2 N–H and O–H groups in total. The molecular weight excluding hydrogens is 234 g/mol. The summed E-state index contributed by atoms with van der Waals surface area (Å²) in [6.07, 6.45) is 0.0632. The lowest BCUT2D eigenvalue weighted by atomic mass is 10.0. The van der Waals surface area contributed by atoms with Gasteiger partial charge in [-0.25, -0.2) is 4.68 Å². The SMILES string of the molecule is CC(C)C(O)CCNC(=O)c1ccc(=O)n(C)n1. The van der Waals surface area contributed by atoms with Gasteiger partial charge in [0.05, 0.1) is 6.10 Å². The van der Waals surface area contributed by atoms with Gasteiger partial charge >= 0.3 is 0 Å². The van der Waals surface area contributed by atoms with Crippen molar-refractivity contribution in [3.8, 4) is 0 Å². The van der Waals surface area contributed by atoms with Gasteiger partial charge in [-0.05, 0) is 18.4 Å². The van der Waals surface area contributed by atoms with Crippen LogP contribution in [0, 0.1) is 5.92 Å². The maximum absolute atomic E-state index is 11.7. The largest absolute Gasteiger partial charge is 0.393 e. The van der Waals surface area contributed by atoms with Crippen molar-refractivity contribution in [1.82, 2.24) is 15.1 Å². The number of nitrogens with one attached hydrogen (secondary N) is 1. The van der Waals surface area contributed by atoms with E-state index in [1.54, 1.807) is 0 Å². The van der Waals surface area contributed by atoms with Crippen LogP contribution < -0.4 is 10.9 Å². The van der Waals surface area contributed by atoms with Gasteiger partial charge in [0.25, 0.3) is 11.5 Å². The van der Waals surface area contributed by atoms with E-state index in [2.05, 4.69) is 10.4 Å². The van der Waals surface area contributed by atoms with Crippen LogP contribution in [-0.4, -0.2) is 33.4 Å². The van der Waals surface area contributed by atoms with Crippen molar-refractivity contribution in [3.63, 3.8) is 0 Å². The number of aromatic nitrogens is 2. The van der Waals surface area contributed by atoms with Crippen LogP contribution in [0.2, 0.25) is 0 Å². The molecule has 18 heavy (non-hydrogen) atoms. The van der Waals surface area contributed by atoms with Crippen LogP contribution in [0.4, 0.5) is 0 Å². The number of carbonyl (C=O) groups excluding carboxylic acids is 1. The molecule has 100 valence electrons. The van der Waals surface area contributed by atoms with E-state index < -0.39 is 6.10 Å². The zero-order valence-electron chi connectivity index (χ0n) is 10.9. The van der Waals surface area contributed by atoms with Gasteiger partial charge in [-0.15, -0.1) is 0 Å². The smallest absolute Gasteiger partial charge is 0.271 e. The van der Waals surface area contributed by atoms with Gasteiger partial charge in [0, 0.05) is 19.7 Å². The molecule has 0 radical (unpaired) electrons. The van der Waals surface area contributed by atoms with Crippen LogP contribution in [0.3, 0.4) is 0 Å². The summed E-state index contributed by atoms with van der Waals surface area (Å²) in [5.41, 5.74) is -0.0714. The number of amides is 1. The first-order valence-electron chi connectivity index (χ1n) is 5.92. The number of aliphatic hydroxyl groups excluding tert-OH is 1. The Morgan fingerprint density at radius 3 is 2.72 bits per heavy atom. The summed E-state index contributed by atoms with van der Waals surface area (Å²) < 4.78 is 1.11. The molecule has 6 heteroatoms. The van der Waals surface area contributed by atoms with Crippen LogP contribution in [0.25, 0.3) is 0 Å². The summed E-state index contributed by atoms with van der Waals surface area (Å²) >= 11 is 0. The molecule has 0 aliphatic rings. The van der Waals surface area contributed by atoms with Crippen LogP contribution in [0.15, 0.2) is 16.9 Å². The molecule has 0 aromatic carbocycles. The Kier molecular flexibility index (Phi) is 5.03. The first kappa shape index (κ1) is 14.4. The minimum atomic E-state index is -0.432. The fraction of sp³-hybridized carbons (Fsp3) is 0.583. The Labute approximate surface area is 106 Å². The average Bonchev–Trinajstić information content (AvgIpc) is 2.32. The van der Waals surface area contributed by atoms with E-state index in [0.717, 1.165) is 4.68 Å². The van der Waals surface area contributed by atoms with Crippen LogP contribution in [0.1, 0.15) is 30.8 Å². The van der Waals surface area contributed by atoms with Gasteiger partial charge in [0.15, 0.2) is 0 Å². The summed E-state index contributed by atoms with van der Waals surface area (Å²) in [6, 6.07) is 2.68. The Bertz CT molecular complexity index is 468. The van der Waals surface area contributed by atoms with Crippen molar-refractivity contribution in [2.75, 3.05) is 6.54 Å². The highest BCUT2D eigenvalue weighted by molar-refractivity contribution is 5.91. The molecular formula is C12H19N3O3. The fourth-order valence-electron chi connectivity index (χ4n) is 1.38. The van der Waals surface area contributed by atoms with E-state index >= 15 is 0 Å². The maximum atomic E-state index is 11.7. The number of aryl methyl sites for hydroxylation is 1. The van der Waals surface area contributed by atoms with Crippen molar-refractivity contribution in [2.24, 2.45) is 13.0 Å². The standard InChI is InChI=1S/C12H19N3O3/c1-8(2)10(16)6-7-13-12(18)9-4-5-11(17)15(3)14-9/h4-5,8,10,16H,6-7H2,1-3H3,(H,13,18). The van der Waals surface area contributed by atoms with Crippen molar-refractivity contribution >= 4 is 5.91 Å². The second-order valence-electron chi connectivity index (χ2n) is 4.54. The highest BCUT2D eigenvalue weighted by Crippen LogP contribution is 2.04. The van der Waals surface area contributed by atoms with E-state index in [1.807, 2.05) is 13.8 Å². The predicted octanol–water partition coefficient (Wildman–Crippen LogP) is -0.0829. The zero-order valence-corrected chi connectivity index (χ0v) is 10.9. The van der Waals surface area contributed by atoms with Crippen LogP contribution in [-0.2, 0) is 7.05 Å². The van der Waals surface area contributed by atoms with Gasteiger partial charge in [-0.1, -0.05) is 13.8 Å². The molecule has 0 saturated carbocycles. The van der Waals surface area contributed by atoms with Gasteiger partial charge in [0.2, 0.25) is 0 Å². The average molecular weight is 253 g/mol. The number of aliphatic hydroxyl groups is 1. The van der Waals surface area contributed by atoms with Crippen molar-refractivity contribution in [2.45, 2.75) is 26.4 Å². The van der Waals surface area contributed by atoms with Crippen LogP contribution >= 0.6 is 0 Å². The molecule has 1 amide bonds. The van der Waals surface area contributed by atoms with E-state index in [4.69, 9.17) is 0 Å².